The fourth-order valence-corrected chi connectivity index (χ4v) is 4.01. The van der Waals surface area contributed by atoms with E-state index < -0.39 is 6.10 Å². The van der Waals surface area contributed by atoms with Crippen LogP contribution >= 0.6 is 0 Å². The zero-order valence-electron chi connectivity index (χ0n) is 17.7. The number of β-amino-alcohol motifs (C(OH)–C–C–N with tert-alkyl or cyclic N) is 1. The monoisotopic (exact) mass is 402 g/mol. The summed E-state index contributed by atoms with van der Waals surface area (Å²) in [4.78, 5) is 16.2. The van der Waals surface area contributed by atoms with E-state index in [1.807, 2.05) is 12.1 Å². The van der Waals surface area contributed by atoms with Crippen LogP contribution in [0.5, 0.6) is 5.75 Å². The van der Waals surface area contributed by atoms with Crippen molar-refractivity contribution >= 4 is 5.97 Å². The second-order valence-corrected chi connectivity index (χ2v) is 8.25. The van der Waals surface area contributed by atoms with E-state index >= 15 is 0 Å². The Morgan fingerprint density at radius 2 is 2.03 bits per heavy atom. The smallest absolute Gasteiger partial charge is 0.308 e. The first kappa shape index (κ1) is 21.8. The topological polar surface area (TPSA) is 62.2 Å². The van der Waals surface area contributed by atoms with Crippen molar-refractivity contribution in [2.45, 2.75) is 38.8 Å². The normalized spacial score (nSPS) is 20.2. The van der Waals surface area contributed by atoms with Crippen molar-refractivity contribution in [1.82, 2.24) is 9.80 Å². The highest BCUT2D eigenvalue weighted by atomic mass is 16.5. The van der Waals surface area contributed by atoms with Crippen LogP contribution in [0.3, 0.4) is 0 Å². The molecule has 2 heterocycles. The van der Waals surface area contributed by atoms with Gasteiger partial charge in [-0.1, -0.05) is 23.8 Å². The number of aliphatic hydroxyl groups is 1. The van der Waals surface area contributed by atoms with Crippen molar-refractivity contribution in [3.8, 4) is 5.75 Å². The number of hydrogen-bond donors (Lipinski definition) is 1. The number of carbonyl (C=O) groups is 1. The summed E-state index contributed by atoms with van der Waals surface area (Å²) in [6.07, 6.45) is 4.46. The van der Waals surface area contributed by atoms with Gasteiger partial charge in [0.2, 0.25) is 0 Å². The lowest BCUT2D eigenvalue weighted by atomic mass is 9.97. The number of carbonyl (C=O) groups excluding carboxylic acids is 1. The Labute approximate surface area is 174 Å². The van der Waals surface area contributed by atoms with Crippen molar-refractivity contribution in [3.05, 3.63) is 41.5 Å². The zero-order valence-corrected chi connectivity index (χ0v) is 17.7. The maximum absolute atomic E-state index is 11.6. The molecule has 1 saturated heterocycles. The minimum atomic E-state index is -0.552. The van der Waals surface area contributed by atoms with E-state index in [9.17, 15) is 9.90 Å². The third-order valence-corrected chi connectivity index (χ3v) is 5.86. The zero-order chi connectivity index (χ0) is 20.6. The first-order chi connectivity index (χ1) is 14.0. The highest BCUT2D eigenvalue weighted by Crippen LogP contribution is 2.20. The molecule has 1 N–H and O–H groups in total. The molecule has 1 fully saturated rings. The molecule has 0 amide bonds. The lowest BCUT2D eigenvalue weighted by Crippen LogP contribution is -2.42. The second kappa shape index (κ2) is 10.8. The lowest BCUT2D eigenvalue weighted by Gasteiger charge is -2.31. The van der Waals surface area contributed by atoms with Gasteiger partial charge in [0.15, 0.2) is 0 Å². The molecule has 0 saturated carbocycles. The summed E-state index contributed by atoms with van der Waals surface area (Å²) in [6, 6.07) is 8.15. The molecule has 0 aliphatic carbocycles. The fraction of sp³-hybridized carbons (Fsp3) is 0.609. The van der Waals surface area contributed by atoms with Crippen LogP contribution < -0.4 is 4.74 Å². The van der Waals surface area contributed by atoms with Gasteiger partial charge in [-0.05, 0) is 57.0 Å². The van der Waals surface area contributed by atoms with E-state index in [2.05, 4.69) is 34.9 Å². The molecule has 6 nitrogen and oxygen atoms in total. The largest absolute Gasteiger partial charge is 0.491 e. The number of methoxy groups -OCH3 is 1. The van der Waals surface area contributed by atoms with E-state index in [1.165, 1.54) is 18.2 Å². The van der Waals surface area contributed by atoms with Crippen molar-refractivity contribution in [2.24, 2.45) is 5.92 Å². The Hall–Kier alpha value is -1.89. The van der Waals surface area contributed by atoms with Gasteiger partial charge >= 0.3 is 5.97 Å². The lowest BCUT2D eigenvalue weighted by molar-refractivity contribution is -0.147. The number of aliphatic hydroxyl groups excluding tert-OH is 1. The van der Waals surface area contributed by atoms with Gasteiger partial charge in [-0.25, -0.2) is 0 Å². The van der Waals surface area contributed by atoms with Crippen LogP contribution in [0.2, 0.25) is 0 Å². The molecule has 0 bridgehead atoms. The van der Waals surface area contributed by atoms with Gasteiger partial charge in [0.05, 0.1) is 13.0 Å². The summed E-state index contributed by atoms with van der Waals surface area (Å²) in [6.45, 7) is 7.64. The molecule has 0 spiro atoms. The van der Waals surface area contributed by atoms with Crippen LogP contribution in [0.1, 0.15) is 31.7 Å². The summed E-state index contributed by atoms with van der Waals surface area (Å²) in [5, 5.41) is 10.4. The number of nitrogens with zero attached hydrogens (tertiary/aromatic N) is 2. The number of rotatable bonds is 8. The SMILES string of the molecule is COC(=O)C1CCN(CC(O)COc2cccc(CN3CC=C(C)CC3)c2)CC1. The minimum Gasteiger partial charge on any atom is -0.491 e. The maximum Gasteiger partial charge on any atom is 0.308 e. The predicted octanol–water partition coefficient (Wildman–Crippen LogP) is 2.46. The molecule has 0 aromatic heterocycles. The molecule has 1 aromatic carbocycles. The van der Waals surface area contributed by atoms with Crippen LogP contribution in [0.15, 0.2) is 35.9 Å². The molecular formula is C23H34N2O4. The second-order valence-electron chi connectivity index (χ2n) is 8.25. The molecule has 160 valence electrons. The standard InChI is InChI=1S/C23H34N2O4/c1-18-6-10-24(11-7-18)15-19-4-3-5-22(14-19)29-17-21(26)16-25-12-8-20(9-13-25)23(27)28-2/h3-6,14,20-21,26H,7-13,15-17H2,1-2H3. The number of benzene rings is 1. The molecule has 2 aliphatic rings. The Morgan fingerprint density at radius 1 is 1.24 bits per heavy atom. The van der Waals surface area contributed by atoms with Gasteiger partial charge in [0.1, 0.15) is 18.5 Å². The van der Waals surface area contributed by atoms with Crippen molar-refractivity contribution < 1.29 is 19.4 Å². The average Bonchev–Trinajstić information content (AvgIpc) is 2.74. The first-order valence-corrected chi connectivity index (χ1v) is 10.6. The summed E-state index contributed by atoms with van der Waals surface area (Å²) in [5.74, 6) is 0.672. The van der Waals surface area contributed by atoms with Crippen LogP contribution in [0.25, 0.3) is 0 Å². The molecule has 3 rings (SSSR count). The number of piperidine rings is 1. The van der Waals surface area contributed by atoms with E-state index in [1.54, 1.807) is 0 Å². The van der Waals surface area contributed by atoms with Gasteiger partial charge in [0.25, 0.3) is 0 Å². The quantitative estimate of drug-likeness (QED) is 0.532. The van der Waals surface area contributed by atoms with E-state index in [0.29, 0.717) is 6.54 Å². The minimum absolute atomic E-state index is 0.00769. The van der Waals surface area contributed by atoms with Crippen LogP contribution in [0.4, 0.5) is 0 Å². The number of esters is 1. The van der Waals surface area contributed by atoms with Gasteiger partial charge in [-0.15, -0.1) is 0 Å². The van der Waals surface area contributed by atoms with Crippen molar-refractivity contribution in [3.63, 3.8) is 0 Å². The molecule has 29 heavy (non-hydrogen) atoms. The summed E-state index contributed by atoms with van der Waals surface area (Å²) in [5.41, 5.74) is 2.71. The van der Waals surface area contributed by atoms with Crippen LogP contribution in [0, 0.1) is 5.92 Å². The average molecular weight is 403 g/mol. The fourth-order valence-electron chi connectivity index (χ4n) is 4.01. The predicted molar refractivity (Wildman–Crippen MR) is 113 cm³/mol. The van der Waals surface area contributed by atoms with Gasteiger partial charge in [0, 0.05) is 26.2 Å². The van der Waals surface area contributed by atoms with E-state index in [0.717, 1.165) is 57.7 Å². The Balaban J connectivity index is 1.40. The molecule has 1 atom stereocenters. The molecular weight excluding hydrogens is 368 g/mol. The third-order valence-electron chi connectivity index (χ3n) is 5.86. The highest BCUT2D eigenvalue weighted by Gasteiger charge is 2.26. The van der Waals surface area contributed by atoms with Crippen LogP contribution in [-0.2, 0) is 16.1 Å². The first-order valence-electron chi connectivity index (χ1n) is 10.6. The molecule has 6 heteroatoms. The number of hydrogen-bond acceptors (Lipinski definition) is 6. The molecule has 1 unspecified atom stereocenters. The Kier molecular flexibility index (Phi) is 8.09. The Morgan fingerprint density at radius 3 is 2.72 bits per heavy atom. The Bertz CT molecular complexity index is 698. The highest BCUT2D eigenvalue weighted by molar-refractivity contribution is 5.72. The van der Waals surface area contributed by atoms with Crippen LogP contribution in [-0.4, -0.2) is 73.4 Å². The van der Waals surface area contributed by atoms with E-state index in [-0.39, 0.29) is 18.5 Å². The van der Waals surface area contributed by atoms with Crippen molar-refractivity contribution in [1.29, 1.82) is 0 Å². The number of likely N-dealkylation sites (tertiary alicyclic amines) is 1. The molecule has 2 aliphatic heterocycles. The van der Waals surface area contributed by atoms with E-state index in [4.69, 9.17) is 9.47 Å². The van der Waals surface area contributed by atoms with Gasteiger partial charge < -0.3 is 19.5 Å². The summed E-state index contributed by atoms with van der Waals surface area (Å²) in [7, 11) is 1.44. The maximum atomic E-state index is 11.6. The summed E-state index contributed by atoms with van der Waals surface area (Å²) >= 11 is 0. The summed E-state index contributed by atoms with van der Waals surface area (Å²) < 4.78 is 10.7. The van der Waals surface area contributed by atoms with Gasteiger partial charge in [-0.2, -0.15) is 0 Å². The van der Waals surface area contributed by atoms with Crippen molar-refractivity contribution in [2.75, 3.05) is 46.4 Å². The molecule has 0 radical (unpaired) electrons. The van der Waals surface area contributed by atoms with Gasteiger partial charge in [-0.3, -0.25) is 9.69 Å². The number of ether oxygens (including phenoxy) is 2. The third kappa shape index (κ3) is 6.84. The molecule has 1 aromatic rings.